The molecule has 0 amide bonds. The number of carbonyl (C=O) groups excluding carboxylic acids is 1. The zero-order chi connectivity index (χ0) is 13.9. The molecule has 1 aliphatic carbocycles. The van der Waals surface area contributed by atoms with Crippen LogP contribution in [0.4, 0.5) is 4.39 Å². The van der Waals surface area contributed by atoms with Crippen LogP contribution in [0.1, 0.15) is 27.9 Å². The number of halogens is 1. The van der Waals surface area contributed by atoms with Gasteiger partial charge in [0.1, 0.15) is 5.82 Å². The highest BCUT2D eigenvalue weighted by Crippen LogP contribution is 2.28. The Hall–Kier alpha value is -1.61. The Balaban J connectivity index is 1.68. The van der Waals surface area contributed by atoms with Crippen molar-refractivity contribution in [2.24, 2.45) is 0 Å². The minimum absolute atomic E-state index is 0.159. The molecule has 0 fully saturated rings. The van der Waals surface area contributed by atoms with E-state index in [9.17, 15) is 9.18 Å². The predicted octanol–water partition coefficient (Wildman–Crippen LogP) is 4.29. The summed E-state index contributed by atoms with van der Waals surface area (Å²) in [5.74, 6) is -0.319. The number of rotatable bonds is 4. The average molecular weight is 286 g/mol. The highest BCUT2D eigenvalue weighted by Gasteiger charge is 2.13. The van der Waals surface area contributed by atoms with Crippen LogP contribution in [0.3, 0.4) is 0 Å². The number of hydrogen-bond donors (Lipinski definition) is 0. The molecule has 0 saturated heterocycles. The third kappa shape index (κ3) is 2.78. The van der Waals surface area contributed by atoms with Crippen molar-refractivity contribution in [3.05, 3.63) is 65.0 Å². The van der Waals surface area contributed by atoms with Gasteiger partial charge in [-0.1, -0.05) is 18.2 Å². The van der Waals surface area contributed by atoms with E-state index < -0.39 is 5.82 Å². The first-order valence-corrected chi connectivity index (χ1v) is 7.75. The van der Waals surface area contributed by atoms with Crippen LogP contribution in [0.25, 0.3) is 0 Å². The number of benzene rings is 2. The lowest BCUT2D eigenvalue weighted by molar-refractivity contribution is 0.101. The Morgan fingerprint density at radius 3 is 2.75 bits per heavy atom. The first-order valence-electron chi connectivity index (χ1n) is 6.76. The monoisotopic (exact) mass is 286 g/mol. The van der Waals surface area contributed by atoms with Crippen molar-refractivity contribution >= 4 is 17.5 Å². The van der Waals surface area contributed by atoms with Gasteiger partial charge in [-0.15, -0.1) is 11.8 Å². The summed E-state index contributed by atoms with van der Waals surface area (Å²) in [5, 5.41) is 0. The van der Waals surface area contributed by atoms with Crippen LogP contribution in [0.15, 0.2) is 47.4 Å². The molecule has 3 heteroatoms. The normalized spacial score (nSPS) is 13.2. The van der Waals surface area contributed by atoms with Crippen molar-refractivity contribution < 1.29 is 9.18 Å². The van der Waals surface area contributed by atoms with Crippen LogP contribution in [-0.2, 0) is 12.8 Å². The summed E-state index contributed by atoms with van der Waals surface area (Å²) >= 11 is 1.48. The smallest absolute Gasteiger partial charge is 0.176 e. The summed E-state index contributed by atoms with van der Waals surface area (Å²) in [6.45, 7) is 0. The Morgan fingerprint density at radius 2 is 1.90 bits per heavy atom. The fourth-order valence-electron chi connectivity index (χ4n) is 2.55. The first kappa shape index (κ1) is 13.4. The lowest BCUT2D eigenvalue weighted by atomic mass is 10.1. The molecule has 0 atom stereocenters. The summed E-state index contributed by atoms with van der Waals surface area (Å²) in [4.78, 5) is 13.1. The zero-order valence-corrected chi connectivity index (χ0v) is 11.9. The number of thioether (sulfide) groups is 1. The third-order valence-corrected chi connectivity index (χ3v) is 4.61. The molecule has 0 saturated carbocycles. The number of carbonyl (C=O) groups is 1. The molecule has 2 aromatic rings. The molecule has 3 rings (SSSR count). The molecular formula is C17H15FOS. The second-order valence-corrected chi connectivity index (χ2v) is 6.02. The predicted molar refractivity (Wildman–Crippen MR) is 79.9 cm³/mol. The number of Topliss-reactive ketones (excluding diaryl/α,β-unsaturated/α-hetero) is 1. The molecule has 0 N–H and O–H groups in total. The van der Waals surface area contributed by atoms with Gasteiger partial charge in [0.25, 0.3) is 0 Å². The van der Waals surface area contributed by atoms with Gasteiger partial charge in [0, 0.05) is 4.90 Å². The van der Waals surface area contributed by atoms with Gasteiger partial charge in [0.2, 0.25) is 0 Å². The van der Waals surface area contributed by atoms with Crippen molar-refractivity contribution in [1.29, 1.82) is 0 Å². The van der Waals surface area contributed by atoms with Crippen molar-refractivity contribution in [2.45, 2.75) is 24.2 Å². The van der Waals surface area contributed by atoms with E-state index in [2.05, 4.69) is 18.2 Å². The summed E-state index contributed by atoms with van der Waals surface area (Å²) < 4.78 is 13.5. The van der Waals surface area contributed by atoms with Gasteiger partial charge < -0.3 is 0 Å². The molecular weight excluding hydrogens is 271 g/mol. The largest absolute Gasteiger partial charge is 0.293 e. The summed E-state index contributed by atoms with van der Waals surface area (Å²) in [6.07, 6.45) is 3.51. The fraction of sp³-hybridized carbons (Fsp3) is 0.235. The quantitative estimate of drug-likeness (QED) is 0.616. The molecule has 0 bridgehead atoms. The van der Waals surface area contributed by atoms with Gasteiger partial charge in [-0.3, -0.25) is 4.79 Å². The molecule has 2 aromatic carbocycles. The van der Waals surface area contributed by atoms with E-state index in [0.717, 1.165) is 17.7 Å². The zero-order valence-electron chi connectivity index (χ0n) is 11.1. The van der Waals surface area contributed by atoms with Gasteiger partial charge in [-0.25, -0.2) is 4.39 Å². The second kappa shape index (κ2) is 5.80. The maximum atomic E-state index is 13.5. The van der Waals surface area contributed by atoms with E-state index in [1.54, 1.807) is 18.2 Å². The number of fused-ring (bicyclic) bond motifs is 1. The highest BCUT2D eigenvalue weighted by atomic mass is 32.2. The van der Waals surface area contributed by atoms with E-state index >= 15 is 0 Å². The lowest BCUT2D eigenvalue weighted by Crippen LogP contribution is -2.05. The standard InChI is InChI=1S/C17H15FOS/c18-16-7-2-1-6-15(16)17(19)11-20-14-9-8-12-4-3-5-13(12)10-14/h1-2,6-10H,3-5,11H2. The van der Waals surface area contributed by atoms with Gasteiger partial charge >= 0.3 is 0 Å². The van der Waals surface area contributed by atoms with Gasteiger partial charge in [-0.2, -0.15) is 0 Å². The third-order valence-electron chi connectivity index (χ3n) is 3.61. The Morgan fingerprint density at radius 1 is 1.10 bits per heavy atom. The van der Waals surface area contributed by atoms with Crippen LogP contribution in [0.2, 0.25) is 0 Å². The van der Waals surface area contributed by atoms with Gasteiger partial charge in [-0.05, 0) is 54.7 Å². The Bertz CT molecular complexity index is 651. The topological polar surface area (TPSA) is 17.1 Å². The SMILES string of the molecule is O=C(CSc1ccc2c(c1)CCC2)c1ccccc1F. The average Bonchev–Trinajstić information content (AvgIpc) is 2.92. The van der Waals surface area contributed by atoms with Crippen LogP contribution in [-0.4, -0.2) is 11.5 Å². The van der Waals surface area contributed by atoms with Crippen molar-refractivity contribution in [1.82, 2.24) is 0 Å². The van der Waals surface area contributed by atoms with Crippen LogP contribution < -0.4 is 0 Å². The molecule has 0 radical (unpaired) electrons. The van der Waals surface area contributed by atoms with Crippen molar-refractivity contribution in [2.75, 3.05) is 5.75 Å². The minimum atomic E-state index is -0.438. The summed E-state index contributed by atoms with van der Waals surface area (Å²) in [7, 11) is 0. The molecule has 0 heterocycles. The van der Waals surface area contributed by atoms with Gasteiger partial charge in [0.05, 0.1) is 11.3 Å². The molecule has 20 heavy (non-hydrogen) atoms. The number of hydrogen-bond acceptors (Lipinski definition) is 2. The van der Waals surface area contributed by atoms with E-state index in [-0.39, 0.29) is 17.1 Å². The molecule has 0 spiro atoms. The highest BCUT2D eigenvalue weighted by molar-refractivity contribution is 8.00. The summed E-state index contributed by atoms with van der Waals surface area (Å²) in [5.41, 5.74) is 3.00. The van der Waals surface area contributed by atoms with Gasteiger partial charge in [0.15, 0.2) is 5.78 Å². The maximum Gasteiger partial charge on any atom is 0.176 e. The van der Waals surface area contributed by atoms with Crippen molar-refractivity contribution in [3.63, 3.8) is 0 Å². The Labute approximate surface area is 122 Å². The van der Waals surface area contributed by atoms with Crippen LogP contribution in [0.5, 0.6) is 0 Å². The molecule has 1 aliphatic rings. The first-order chi connectivity index (χ1) is 9.74. The Kier molecular flexibility index (Phi) is 3.88. The molecule has 0 unspecified atom stereocenters. The molecule has 102 valence electrons. The maximum absolute atomic E-state index is 13.5. The van der Waals surface area contributed by atoms with E-state index in [1.807, 2.05) is 0 Å². The minimum Gasteiger partial charge on any atom is -0.293 e. The lowest BCUT2D eigenvalue weighted by Gasteiger charge is -2.05. The molecule has 1 nitrogen and oxygen atoms in total. The fourth-order valence-corrected chi connectivity index (χ4v) is 3.40. The molecule has 0 aliphatic heterocycles. The second-order valence-electron chi connectivity index (χ2n) is 4.98. The van der Waals surface area contributed by atoms with E-state index in [4.69, 9.17) is 0 Å². The number of ketones is 1. The molecule has 0 aromatic heterocycles. The van der Waals surface area contributed by atoms with Crippen LogP contribution in [0, 0.1) is 5.82 Å². The van der Waals surface area contributed by atoms with E-state index in [0.29, 0.717) is 0 Å². The number of aryl methyl sites for hydroxylation is 2. The van der Waals surface area contributed by atoms with Crippen LogP contribution >= 0.6 is 11.8 Å². The summed E-state index contributed by atoms with van der Waals surface area (Å²) in [6, 6.07) is 12.5. The van der Waals surface area contributed by atoms with E-state index in [1.165, 1.54) is 35.4 Å². The van der Waals surface area contributed by atoms with Crippen molar-refractivity contribution in [3.8, 4) is 0 Å².